The number of nitrogens with zero attached hydrogens (tertiary/aromatic N) is 5. The number of halogens is 1. The minimum absolute atomic E-state index is 0.201. The highest BCUT2D eigenvalue weighted by atomic mass is 35.5. The fourth-order valence-electron chi connectivity index (χ4n) is 3.00. The molecule has 0 spiro atoms. The SMILES string of the molecule is CC(C)n1cc(C2(O)CCCN(c3ccc(C#N)c(Cl)c3)C2)nn1. The second kappa shape index (κ2) is 6.42. The summed E-state index contributed by atoms with van der Waals surface area (Å²) in [6.07, 6.45) is 3.30. The predicted molar refractivity (Wildman–Crippen MR) is 91.9 cm³/mol. The van der Waals surface area contributed by atoms with Gasteiger partial charge in [-0.1, -0.05) is 16.8 Å². The molecule has 1 fully saturated rings. The van der Waals surface area contributed by atoms with Crippen LogP contribution in [-0.2, 0) is 5.60 Å². The van der Waals surface area contributed by atoms with E-state index < -0.39 is 5.60 Å². The Morgan fingerprint density at radius 2 is 2.21 bits per heavy atom. The Morgan fingerprint density at radius 1 is 1.42 bits per heavy atom. The van der Waals surface area contributed by atoms with Crippen LogP contribution >= 0.6 is 11.6 Å². The van der Waals surface area contributed by atoms with E-state index in [1.807, 2.05) is 26.1 Å². The summed E-state index contributed by atoms with van der Waals surface area (Å²) in [5, 5.41) is 28.8. The predicted octanol–water partition coefficient (Wildman–Crippen LogP) is 2.87. The molecule has 3 rings (SSSR count). The van der Waals surface area contributed by atoms with Gasteiger partial charge in [0.25, 0.3) is 0 Å². The van der Waals surface area contributed by atoms with Crippen LogP contribution in [0.3, 0.4) is 0 Å². The lowest BCUT2D eigenvalue weighted by molar-refractivity contribution is 0.0176. The topological polar surface area (TPSA) is 78.0 Å². The molecule has 1 aliphatic rings. The molecule has 2 aromatic rings. The minimum Gasteiger partial charge on any atom is -0.382 e. The summed E-state index contributed by atoms with van der Waals surface area (Å²) in [5.41, 5.74) is 0.910. The van der Waals surface area contributed by atoms with Gasteiger partial charge in [-0.25, -0.2) is 4.68 Å². The number of benzene rings is 1. The summed E-state index contributed by atoms with van der Waals surface area (Å²) in [4.78, 5) is 2.07. The monoisotopic (exact) mass is 345 g/mol. The van der Waals surface area contributed by atoms with Gasteiger partial charge in [0, 0.05) is 18.3 Å². The molecule has 24 heavy (non-hydrogen) atoms. The van der Waals surface area contributed by atoms with E-state index in [2.05, 4.69) is 21.3 Å². The van der Waals surface area contributed by atoms with Crippen molar-refractivity contribution in [3.05, 3.63) is 40.7 Å². The smallest absolute Gasteiger partial charge is 0.127 e. The first kappa shape index (κ1) is 16.7. The Hall–Kier alpha value is -2.10. The van der Waals surface area contributed by atoms with Crippen molar-refractivity contribution in [3.63, 3.8) is 0 Å². The summed E-state index contributed by atoms with van der Waals surface area (Å²) >= 11 is 6.14. The molecule has 0 amide bonds. The number of rotatable bonds is 3. The highest BCUT2D eigenvalue weighted by Crippen LogP contribution is 2.34. The molecule has 2 heterocycles. The summed E-state index contributed by atoms with van der Waals surface area (Å²) in [7, 11) is 0. The van der Waals surface area contributed by atoms with Gasteiger partial charge >= 0.3 is 0 Å². The third-order valence-corrected chi connectivity index (χ3v) is 4.74. The molecule has 0 saturated carbocycles. The fourth-order valence-corrected chi connectivity index (χ4v) is 3.22. The lowest BCUT2D eigenvalue weighted by atomic mass is 9.89. The van der Waals surface area contributed by atoms with Crippen molar-refractivity contribution >= 4 is 17.3 Å². The molecular weight excluding hydrogens is 326 g/mol. The zero-order chi connectivity index (χ0) is 17.3. The molecule has 1 aromatic heterocycles. The Morgan fingerprint density at radius 3 is 2.83 bits per heavy atom. The van der Waals surface area contributed by atoms with Crippen LogP contribution in [0.2, 0.25) is 5.02 Å². The molecule has 1 saturated heterocycles. The molecule has 0 aliphatic carbocycles. The number of anilines is 1. The number of aromatic nitrogens is 3. The van der Waals surface area contributed by atoms with Crippen LogP contribution in [0.15, 0.2) is 24.4 Å². The summed E-state index contributed by atoms with van der Waals surface area (Å²) in [6, 6.07) is 7.61. The van der Waals surface area contributed by atoms with Gasteiger partial charge in [0.1, 0.15) is 17.4 Å². The Kier molecular flexibility index (Phi) is 4.48. The Bertz CT molecular complexity index is 782. The van der Waals surface area contributed by atoms with Crippen molar-refractivity contribution in [2.75, 3.05) is 18.0 Å². The lowest BCUT2D eigenvalue weighted by Gasteiger charge is -2.39. The number of piperidine rings is 1. The zero-order valence-electron chi connectivity index (χ0n) is 13.8. The minimum atomic E-state index is -1.04. The van der Waals surface area contributed by atoms with Crippen molar-refractivity contribution in [2.24, 2.45) is 0 Å². The van der Waals surface area contributed by atoms with Gasteiger partial charge in [-0.05, 0) is 44.9 Å². The molecule has 1 aromatic carbocycles. The van der Waals surface area contributed by atoms with Gasteiger partial charge in [0.15, 0.2) is 0 Å². The summed E-state index contributed by atoms with van der Waals surface area (Å²) < 4.78 is 1.75. The number of hydrogen-bond acceptors (Lipinski definition) is 5. The maximum absolute atomic E-state index is 11.1. The van der Waals surface area contributed by atoms with E-state index in [1.165, 1.54) is 0 Å². The largest absolute Gasteiger partial charge is 0.382 e. The van der Waals surface area contributed by atoms with Crippen molar-refractivity contribution < 1.29 is 5.11 Å². The fraction of sp³-hybridized carbons (Fsp3) is 0.471. The third-order valence-electron chi connectivity index (χ3n) is 4.43. The molecule has 1 N–H and O–H groups in total. The van der Waals surface area contributed by atoms with Gasteiger partial charge < -0.3 is 10.0 Å². The normalized spacial score (nSPS) is 21.1. The maximum atomic E-state index is 11.1. The van der Waals surface area contributed by atoms with Crippen LogP contribution in [0.25, 0.3) is 0 Å². The van der Waals surface area contributed by atoms with Crippen LogP contribution in [0.5, 0.6) is 0 Å². The second-order valence-electron chi connectivity index (χ2n) is 6.51. The van der Waals surface area contributed by atoms with Crippen molar-refractivity contribution in [1.82, 2.24) is 15.0 Å². The van der Waals surface area contributed by atoms with E-state index in [1.54, 1.807) is 16.8 Å². The Labute approximate surface area is 146 Å². The quantitative estimate of drug-likeness (QED) is 0.925. The molecule has 1 aliphatic heterocycles. The van der Waals surface area contributed by atoms with Gasteiger partial charge in [-0.3, -0.25) is 0 Å². The van der Waals surface area contributed by atoms with Crippen LogP contribution in [-0.4, -0.2) is 33.2 Å². The zero-order valence-corrected chi connectivity index (χ0v) is 14.5. The first-order valence-electron chi connectivity index (χ1n) is 8.02. The maximum Gasteiger partial charge on any atom is 0.127 e. The average molecular weight is 346 g/mol. The number of nitriles is 1. The number of aliphatic hydroxyl groups is 1. The van der Waals surface area contributed by atoms with Crippen LogP contribution in [0, 0.1) is 11.3 Å². The third kappa shape index (κ3) is 3.10. The molecule has 6 nitrogen and oxygen atoms in total. The van der Waals surface area contributed by atoms with Crippen molar-refractivity contribution in [3.8, 4) is 6.07 Å². The molecule has 7 heteroatoms. The molecule has 0 bridgehead atoms. The van der Waals surface area contributed by atoms with Gasteiger partial charge in [-0.15, -0.1) is 5.10 Å². The first-order valence-corrected chi connectivity index (χ1v) is 8.40. The second-order valence-corrected chi connectivity index (χ2v) is 6.92. The van der Waals surface area contributed by atoms with Crippen molar-refractivity contribution in [2.45, 2.75) is 38.3 Å². The first-order chi connectivity index (χ1) is 11.4. The van der Waals surface area contributed by atoms with E-state index in [4.69, 9.17) is 16.9 Å². The van der Waals surface area contributed by atoms with Crippen LogP contribution in [0.1, 0.15) is 44.0 Å². The highest BCUT2D eigenvalue weighted by molar-refractivity contribution is 6.32. The summed E-state index contributed by atoms with van der Waals surface area (Å²) in [6.45, 7) is 5.29. The lowest BCUT2D eigenvalue weighted by Crippen LogP contribution is -2.46. The van der Waals surface area contributed by atoms with Gasteiger partial charge in [0.05, 0.1) is 23.3 Å². The number of β-amino-alcohol motifs (C(OH)–C–C–N with tert-alkyl or cyclic N) is 1. The van der Waals surface area contributed by atoms with Crippen LogP contribution < -0.4 is 4.90 Å². The highest BCUT2D eigenvalue weighted by Gasteiger charge is 2.38. The molecule has 0 radical (unpaired) electrons. The van der Waals surface area contributed by atoms with E-state index in [0.717, 1.165) is 18.7 Å². The Balaban J connectivity index is 1.85. The van der Waals surface area contributed by atoms with E-state index in [0.29, 0.717) is 29.2 Å². The molecule has 1 unspecified atom stereocenters. The number of hydrogen-bond donors (Lipinski definition) is 1. The van der Waals surface area contributed by atoms with E-state index in [9.17, 15) is 5.11 Å². The van der Waals surface area contributed by atoms with E-state index in [-0.39, 0.29) is 6.04 Å². The summed E-state index contributed by atoms with van der Waals surface area (Å²) in [5.74, 6) is 0. The molecule has 1 atom stereocenters. The average Bonchev–Trinajstić information content (AvgIpc) is 3.06. The van der Waals surface area contributed by atoms with Gasteiger partial charge in [0.2, 0.25) is 0 Å². The van der Waals surface area contributed by atoms with Crippen molar-refractivity contribution in [1.29, 1.82) is 5.26 Å². The van der Waals surface area contributed by atoms with Crippen LogP contribution in [0.4, 0.5) is 5.69 Å². The van der Waals surface area contributed by atoms with E-state index >= 15 is 0 Å². The molecule has 126 valence electrons. The molecular formula is C17H20ClN5O. The van der Waals surface area contributed by atoms with Gasteiger partial charge in [-0.2, -0.15) is 5.26 Å². The standard InChI is InChI=1S/C17H20ClN5O/c1-12(2)23-10-16(20-21-23)17(24)6-3-7-22(11-17)14-5-4-13(9-19)15(18)8-14/h4-5,8,10,12,24H,3,6-7,11H2,1-2H3.